The van der Waals surface area contributed by atoms with Gasteiger partial charge in [-0.2, -0.15) is 5.10 Å². The first-order valence-corrected chi connectivity index (χ1v) is 9.37. The van der Waals surface area contributed by atoms with Gasteiger partial charge < -0.3 is 10.2 Å². The van der Waals surface area contributed by atoms with Crippen LogP contribution in [0.1, 0.15) is 6.42 Å². The van der Waals surface area contributed by atoms with Crippen LogP contribution in [0.5, 0.6) is 0 Å². The second-order valence-electron chi connectivity index (χ2n) is 6.34. The van der Waals surface area contributed by atoms with Gasteiger partial charge in [0.15, 0.2) is 0 Å². The Morgan fingerprint density at radius 3 is 2.78 bits per heavy atom. The minimum absolute atomic E-state index is 0.0476. The van der Waals surface area contributed by atoms with E-state index in [0.29, 0.717) is 12.2 Å². The van der Waals surface area contributed by atoms with Crippen LogP contribution in [0.2, 0.25) is 0 Å². The van der Waals surface area contributed by atoms with Crippen LogP contribution in [0.3, 0.4) is 0 Å². The zero-order valence-corrected chi connectivity index (χ0v) is 16.0. The van der Waals surface area contributed by atoms with E-state index in [9.17, 15) is 9.59 Å². The number of carbonyl (C=O) groups excluding carboxylic acids is 2. The lowest BCUT2D eigenvalue weighted by atomic mass is 10.1. The van der Waals surface area contributed by atoms with Crippen molar-refractivity contribution >= 4 is 39.1 Å². The Morgan fingerprint density at radius 1 is 1.15 bits per heavy atom. The molecule has 1 unspecified atom stereocenters. The number of nitrogens with one attached hydrogen (secondary N) is 1. The summed E-state index contributed by atoms with van der Waals surface area (Å²) >= 11 is 3.42. The maximum atomic E-state index is 12.8. The molecule has 1 aromatic heterocycles. The summed E-state index contributed by atoms with van der Waals surface area (Å²) in [7, 11) is 0. The second kappa shape index (κ2) is 7.36. The summed E-state index contributed by atoms with van der Waals surface area (Å²) in [6.45, 7) is 0.366. The van der Waals surface area contributed by atoms with Crippen molar-refractivity contribution in [3.8, 4) is 5.69 Å². The Hall–Kier alpha value is -2.93. The van der Waals surface area contributed by atoms with Crippen molar-refractivity contribution in [1.29, 1.82) is 0 Å². The third-order valence-electron chi connectivity index (χ3n) is 4.53. The van der Waals surface area contributed by atoms with Crippen LogP contribution in [0.15, 0.2) is 71.5 Å². The first-order chi connectivity index (χ1) is 13.1. The van der Waals surface area contributed by atoms with Gasteiger partial charge in [-0.25, -0.2) is 4.68 Å². The topological polar surface area (TPSA) is 67.2 Å². The van der Waals surface area contributed by atoms with Gasteiger partial charge >= 0.3 is 0 Å². The maximum Gasteiger partial charge on any atom is 0.229 e. The Labute approximate surface area is 164 Å². The van der Waals surface area contributed by atoms with Crippen LogP contribution < -0.4 is 10.2 Å². The van der Waals surface area contributed by atoms with Gasteiger partial charge in [0.2, 0.25) is 11.8 Å². The fourth-order valence-electron chi connectivity index (χ4n) is 3.20. The van der Waals surface area contributed by atoms with Crippen molar-refractivity contribution in [1.82, 2.24) is 9.78 Å². The number of halogens is 1. The van der Waals surface area contributed by atoms with E-state index < -0.39 is 5.92 Å². The molecule has 136 valence electrons. The molecule has 4 rings (SSSR count). The molecule has 2 aromatic carbocycles. The highest BCUT2D eigenvalue weighted by Gasteiger charge is 2.35. The molecule has 3 aromatic rings. The minimum Gasteiger partial charge on any atom is -0.324 e. The van der Waals surface area contributed by atoms with Gasteiger partial charge in [-0.05, 0) is 36.4 Å². The Balaban J connectivity index is 1.51. The van der Waals surface area contributed by atoms with Gasteiger partial charge in [0.25, 0.3) is 0 Å². The molecular weight excluding hydrogens is 408 g/mol. The largest absolute Gasteiger partial charge is 0.324 e. The number of rotatable bonds is 4. The molecule has 1 fully saturated rings. The van der Waals surface area contributed by atoms with E-state index in [-0.39, 0.29) is 18.2 Å². The van der Waals surface area contributed by atoms with E-state index in [1.54, 1.807) is 15.8 Å². The molecule has 0 spiro atoms. The molecule has 7 heteroatoms. The number of para-hydroxylation sites is 2. The summed E-state index contributed by atoms with van der Waals surface area (Å²) in [5.41, 5.74) is 2.24. The van der Waals surface area contributed by atoms with Crippen molar-refractivity contribution in [2.24, 2.45) is 5.92 Å². The Kier molecular flexibility index (Phi) is 4.77. The van der Waals surface area contributed by atoms with E-state index in [2.05, 4.69) is 26.3 Å². The number of benzene rings is 2. The molecule has 6 nitrogen and oxygen atoms in total. The van der Waals surface area contributed by atoms with Gasteiger partial charge in [-0.3, -0.25) is 9.59 Å². The van der Waals surface area contributed by atoms with Gasteiger partial charge in [-0.15, -0.1) is 0 Å². The monoisotopic (exact) mass is 424 g/mol. The van der Waals surface area contributed by atoms with Gasteiger partial charge in [0.1, 0.15) is 0 Å². The molecule has 1 atom stereocenters. The molecule has 1 aliphatic rings. The predicted octanol–water partition coefficient (Wildman–Crippen LogP) is 3.63. The lowest BCUT2D eigenvalue weighted by molar-refractivity contribution is -0.122. The van der Waals surface area contributed by atoms with Gasteiger partial charge in [0, 0.05) is 35.5 Å². The third kappa shape index (κ3) is 3.64. The molecule has 1 N–H and O–H groups in total. The third-order valence-corrected chi connectivity index (χ3v) is 5.02. The van der Waals surface area contributed by atoms with Crippen LogP contribution >= 0.6 is 15.9 Å². The van der Waals surface area contributed by atoms with Crippen LogP contribution in [-0.4, -0.2) is 28.1 Å². The van der Waals surface area contributed by atoms with Crippen LogP contribution in [0, 0.1) is 5.92 Å². The molecule has 0 saturated carbocycles. The fraction of sp³-hybridized carbons (Fsp3) is 0.150. The quantitative estimate of drug-likeness (QED) is 0.695. The highest BCUT2D eigenvalue weighted by molar-refractivity contribution is 9.10. The summed E-state index contributed by atoms with van der Waals surface area (Å²) in [6.07, 6.45) is 3.70. The molecule has 1 aliphatic heterocycles. The molecule has 0 aliphatic carbocycles. The van der Waals surface area contributed by atoms with E-state index in [1.165, 1.54) is 0 Å². The van der Waals surface area contributed by atoms with E-state index >= 15 is 0 Å². The minimum atomic E-state index is -0.401. The molecule has 0 bridgehead atoms. The fourth-order valence-corrected chi connectivity index (χ4v) is 3.59. The normalized spacial score (nSPS) is 16.6. The second-order valence-corrected chi connectivity index (χ2v) is 7.26. The Morgan fingerprint density at radius 2 is 2.00 bits per heavy atom. The highest BCUT2D eigenvalue weighted by Crippen LogP contribution is 2.28. The summed E-state index contributed by atoms with van der Waals surface area (Å²) in [4.78, 5) is 26.9. The number of anilines is 2. The Bertz CT molecular complexity index is 987. The van der Waals surface area contributed by atoms with E-state index in [0.717, 1.165) is 15.8 Å². The lowest BCUT2D eigenvalue weighted by Gasteiger charge is -2.17. The molecule has 2 heterocycles. The molecular formula is C20H17BrN4O2. The number of aromatic nitrogens is 2. The van der Waals surface area contributed by atoms with Gasteiger partial charge in [0.05, 0.1) is 17.3 Å². The van der Waals surface area contributed by atoms with Gasteiger partial charge in [-0.1, -0.05) is 34.1 Å². The summed E-state index contributed by atoms with van der Waals surface area (Å²) in [6, 6.07) is 16.8. The van der Waals surface area contributed by atoms with Crippen LogP contribution in [0.25, 0.3) is 5.69 Å². The van der Waals surface area contributed by atoms with Crippen molar-refractivity contribution in [2.45, 2.75) is 6.42 Å². The molecule has 0 radical (unpaired) electrons. The molecule has 2 amide bonds. The average Bonchev–Trinajstić information content (AvgIpc) is 3.32. The lowest BCUT2D eigenvalue weighted by Crippen LogP contribution is -2.28. The van der Waals surface area contributed by atoms with E-state index in [1.807, 2.05) is 60.8 Å². The predicted molar refractivity (Wildman–Crippen MR) is 107 cm³/mol. The van der Waals surface area contributed by atoms with Crippen LogP contribution in [-0.2, 0) is 9.59 Å². The standard InChI is InChI=1S/C20H17BrN4O2/c21-15-5-3-6-16(12-15)24-13-14(11-19(24)26)20(27)23-17-7-1-2-8-18(17)25-10-4-9-22-25/h1-10,12,14H,11,13H2,(H,23,27). The summed E-state index contributed by atoms with van der Waals surface area (Å²) in [5, 5.41) is 7.18. The van der Waals surface area contributed by atoms with Crippen molar-refractivity contribution < 1.29 is 9.59 Å². The smallest absolute Gasteiger partial charge is 0.229 e. The first kappa shape index (κ1) is 17.5. The summed E-state index contributed by atoms with van der Waals surface area (Å²) < 4.78 is 2.59. The zero-order chi connectivity index (χ0) is 18.8. The van der Waals surface area contributed by atoms with Crippen molar-refractivity contribution in [2.75, 3.05) is 16.8 Å². The first-order valence-electron chi connectivity index (χ1n) is 8.57. The summed E-state index contributed by atoms with van der Waals surface area (Å²) in [5.74, 6) is -0.615. The number of nitrogens with zero attached hydrogens (tertiary/aromatic N) is 3. The number of hydrogen-bond acceptors (Lipinski definition) is 3. The SMILES string of the molecule is O=C(Nc1ccccc1-n1cccn1)C1CC(=O)N(c2cccc(Br)c2)C1. The van der Waals surface area contributed by atoms with Crippen molar-refractivity contribution in [3.05, 3.63) is 71.5 Å². The number of amides is 2. The van der Waals surface area contributed by atoms with Crippen molar-refractivity contribution in [3.63, 3.8) is 0 Å². The zero-order valence-electron chi connectivity index (χ0n) is 14.4. The number of carbonyl (C=O) groups is 2. The molecule has 1 saturated heterocycles. The molecule has 27 heavy (non-hydrogen) atoms. The highest BCUT2D eigenvalue weighted by atomic mass is 79.9. The maximum absolute atomic E-state index is 12.8. The van der Waals surface area contributed by atoms with Crippen LogP contribution in [0.4, 0.5) is 11.4 Å². The average molecular weight is 425 g/mol. The van der Waals surface area contributed by atoms with E-state index in [4.69, 9.17) is 0 Å². The number of hydrogen-bond donors (Lipinski definition) is 1.